The van der Waals surface area contributed by atoms with E-state index in [1.165, 1.54) is 5.56 Å². The number of benzene rings is 2. The molecular weight excluding hydrogens is 396 g/mol. The van der Waals surface area contributed by atoms with E-state index in [4.69, 9.17) is 16.6 Å². The number of nitrogens with one attached hydrogen (secondary N) is 1. The zero-order valence-electron chi connectivity index (χ0n) is 17.2. The third-order valence-electron chi connectivity index (χ3n) is 5.01. The lowest BCUT2D eigenvalue weighted by Crippen LogP contribution is -2.24. The van der Waals surface area contributed by atoms with Gasteiger partial charge in [0.2, 0.25) is 0 Å². The molecule has 0 fully saturated rings. The lowest BCUT2D eigenvalue weighted by atomic mass is 9.86. The smallest absolute Gasteiger partial charge is 0.251 e. The van der Waals surface area contributed by atoms with Gasteiger partial charge in [0.1, 0.15) is 5.15 Å². The standard InChI is InChI=1S/C24H23ClN4O/c1-24(2,3)18-11-9-16(10-12-18)22-19(29-21(27-22)14-13-20(25)28-29)15-26-23(30)17-7-5-4-6-8-17/h4-14H,15H2,1-3H3,(H,26,30). The second kappa shape index (κ2) is 7.92. The average Bonchev–Trinajstić information content (AvgIpc) is 3.09. The molecule has 1 amide bonds. The quantitative estimate of drug-likeness (QED) is 0.490. The lowest BCUT2D eigenvalue weighted by molar-refractivity contribution is 0.0950. The summed E-state index contributed by atoms with van der Waals surface area (Å²) >= 11 is 6.13. The van der Waals surface area contributed by atoms with E-state index in [-0.39, 0.29) is 17.9 Å². The van der Waals surface area contributed by atoms with E-state index in [2.05, 4.69) is 55.5 Å². The Kier molecular flexibility index (Phi) is 5.31. The van der Waals surface area contributed by atoms with Gasteiger partial charge in [-0.25, -0.2) is 9.50 Å². The third kappa shape index (κ3) is 4.07. The Balaban J connectivity index is 1.72. The molecule has 5 nitrogen and oxygen atoms in total. The molecule has 152 valence electrons. The summed E-state index contributed by atoms with van der Waals surface area (Å²) in [6.07, 6.45) is 0. The molecule has 0 saturated carbocycles. The lowest BCUT2D eigenvalue weighted by Gasteiger charge is -2.19. The first-order valence-corrected chi connectivity index (χ1v) is 10.2. The van der Waals surface area contributed by atoms with Crippen LogP contribution in [0.1, 0.15) is 42.4 Å². The van der Waals surface area contributed by atoms with E-state index < -0.39 is 0 Å². The number of aromatic nitrogens is 3. The summed E-state index contributed by atoms with van der Waals surface area (Å²) < 4.78 is 1.70. The van der Waals surface area contributed by atoms with Crippen molar-refractivity contribution in [3.05, 3.63) is 88.7 Å². The molecule has 2 aromatic heterocycles. The molecule has 30 heavy (non-hydrogen) atoms. The minimum atomic E-state index is -0.151. The molecule has 0 radical (unpaired) electrons. The van der Waals surface area contributed by atoms with Crippen molar-refractivity contribution < 1.29 is 4.79 Å². The second-order valence-corrected chi connectivity index (χ2v) is 8.60. The van der Waals surface area contributed by atoms with E-state index in [0.717, 1.165) is 17.0 Å². The third-order valence-corrected chi connectivity index (χ3v) is 5.22. The Morgan fingerprint density at radius 1 is 1.00 bits per heavy atom. The molecule has 1 N–H and O–H groups in total. The molecule has 2 heterocycles. The van der Waals surface area contributed by atoms with Gasteiger partial charge in [0.05, 0.1) is 17.9 Å². The van der Waals surface area contributed by atoms with Gasteiger partial charge in [-0.1, -0.05) is 74.8 Å². The summed E-state index contributed by atoms with van der Waals surface area (Å²) in [5.41, 5.74) is 5.12. The molecule has 0 aliphatic carbocycles. The van der Waals surface area contributed by atoms with Crippen LogP contribution in [0.3, 0.4) is 0 Å². The Morgan fingerprint density at radius 3 is 2.37 bits per heavy atom. The Labute approximate surface area is 180 Å². The van der Waals surface area contributed by atoms with Gasteiger partial charge in [-0.05, 0) is 35.2 Å². The van der Waals surface area contributed by atoms with E-state index >= 15 is 0 Å². The Hall–Kier alpha value is -3.18. The van der Waals surface area contributed by atoms with Gasteiger partial charge in [0.15, 0.2) is 5.65 Å². The highest BCUT2D eigenvalue weighted by atomic mass is 35.5. The number of halogens is 1. The number of carbonyl (C=O) groups is 1. The number of carbonyl (C=O) groups excluding carboxylic acids is 1. The van der Waals surface area contributed by atoms with E-state index in [0.29, 0.717) is 16.4 Å². The molecule has 0 atom stereocenters. The number of fused-ring (bicyclic) bond motifs is 1. The molecule has 2 aromatic carbocycles. The Morgan fingerprint density at radius 2 is 1.70 bits per heavy atom. The number of rotatable bonds is 4. The van der Waals surface area contributed by atoms with E-state index in [1.54, 1.807) is 22.7 Å². The number of nitrogens with zero attached hydrogens (tertiary/aromatic N) is 3. The van der Waals surface area contributed by atoms with Gasteiger partial charge in [-0.3, -0.25) is 4.79 Å². The molecule has 0 aliphatic rings. The maximum absolute atomic E-state index is 12.6. The topological polar surface area (TPSA) is 59.3 Å². The average molecular weight is 419 g/mol. The first-order valence-electron chi connectivity index (χ1n) is 9.81. The summed E-state index contributed by atoms with van der Waals surface area (Å²) in [4.78, 5) is 17.3. The summed E-state index contributed by atoms with van der Waals surface area (Å²) in [6, 6.07) is 21.0. The molecule has 0 unspecified atom stereocenters. The number of imidazole rings is 1. The minimum Gasteiger partial charge on any atom is -0.346 e. The van der Waals surface area contributed by atoms with Gasteiger partial charge < -0.3 is 5.32 Å². The van der Waals surface area contributed by atoms with Crippen LogP contribution in [0.15, 0.2) is 66.7 Å². The predicted octanol–water partition coefficient (Wildman–Crippen LogP) is 5.28. The predicted molar refractivity (Wildman–Crippen MR) is 120 cm³/mol. The first kappa shape index (κ1) is 20.1. The molecule has 4 rings (SSSR count). The van der Waals surface area contributed by atoms with Crippen molar-refractivity contribution in [1.82, 2.24) is 19.9 Å². The maximum Gasteiger partial charge on any atom is 0.251 e. The number of hydrogen-bond donors (Lipinski definition) is 1. The van der Waals surface area contributed by atoms with Crippen molar-refractivity contribution >= 4 is 23.2 Å². The van der Waals surface area contributed by atoms with Gasteiger partial charge >= 0.3 is 0 Å². The van der Waals surface area contributed by atoms with Crippen LogP contribution in [0, 0.1) is 0 Å². The van der Waals surface area contributed by atoms with Crippen LogP contribution in [-0.4, -0.2) is 20.5 Å². The van der Waals surface area contributed by atoms with Gasteiger partial charge in [-0.2, -0.15) is 5.10 Å². The fraction of sp³-hybridized carbons (Fsp3) is 0.208. The number of hydrogen-bond acceptors (Lipinski definition) is 3. The van der Waals surface area contributed by atoms with Crippen LogP contribution >= 0.6 is 11.6 Å². The van der Waals surface area contributed by atoms with E-state index in [1.807, 2.05) is 24.3 Å². The largest absolute Gasteiger partial charge is 0.346 e. The fourth-order valence-corrected chi connectivity index (χ4v) is 3.47. The maximum atomic E-state index is 12.6. The van der Waals surface area contributed by atoms with Gasteiger partial charge in [-0.15, -0.1) is 0 Å². The summed E-state index contributed by atoms with van der Waals surface area (Å²) in [5.74, 6) is -0.151. The molecular formula is C24H23ClN4O. The highest BCUT2D eigenvalue weighted by Crippen LogP contribution is 2.28. The van der Waals surface area contributed by atoms with Crippen LogP contribution < -0.4 is 5.32 Å². The van der Waals surface area contributed by atoms with Crippen LogP contribution in [0.25, 0.3) is 16.9 Å². The van der Waals surface area contributed by atoms with Crippen LogP contribution in [0.4, 0.5) is 0 Å². The minimum absolute atomic E-state index is 0.0685. The van der Waals surface area contributed by atoms with Crippen LogP contribution in [-0.2, 0) is 12.0 Å². The van der Waals surface area contributed by atoms with Gasteiger partial charge in [0, 0.05) is 11.1 Å². The van der Waals surface area contributed by atoms with Crippen molar-refractivity contribution in [1.29, 1.82) is 0 Å². The molecule has 0 aliphatic heterocycles. The van der Waals surface area contributed by atoms with E-state index in [9.17, 15) is 4.79 Å². The molecule has 0 bridgehead atoms. The molecule has 0 saturated heterocycles. The van der Waals surface area contributed by atoms with Crippen molar-refractivity contribution in [2.24, 2.45) is 0 Å². The highest BCUT2D eigenvalue weighted by Gasteiger charge is 2.18. The van der Waals surface area contributed by atoms with Crippen molar-refractivity contribution in [2.45, 2.75) is 32.7 Å². The monoisotopic (exact) mass is 418 g/mol. The molecule has 4 aromatic rings. The molecule has 0 spiro atoms. The second-order valence-electron chi connectivity index (χ2n) is 8.21. The highest BCUT2D eigenvalue weighted by molar-refractivity contribution is 6.29. The van der Waals surface area contributed by atoms with Crippen molar-refractivity contribution in [3.8, 4) is 11.3 Å². The SMILES string of the molecule is CC(C)(C)c1ccc(-c2nc3ccc(Cl)nn3c2CNC(=O)c2ccccc2)cc1. The van der Waals surface area contributed by atoms with Crippen LogP contribution in [0.5, 0.6) is 0 Å². The fourth-order valence-electron chi connectivity index (χ4n) is 3.33. The first-order chi connectivity index (χ1) is 14.3. The zero-order valence-corrected chi connectivity index (χ0v) is 17.9. The number of amides is 1. The summed E-state index contributed by atoms with van der Waals surface area (Å²) in [6.45, 7) is 6.83. The van der Waals surface area contributed by atoms with Gasteiger partial charge in [0.25, 0.3) is 5.91 Å². The molecule has 6 heteroatoms. The Bertz CT molecular complexity index is 1190. The summed E-state index contributed by atoms with van der Waals surface area (Å²) in [5, 5.41) is 7.74. The summed E-state index contributed by atoms with van der Waals surface area (Å²) in [7, 11) is 0. The zero-order chi connectivity index (χ0) is 21.3. The van der Waals surface area contributed by atoms with Crippen LogP contribution in [0.2, 0.25) is 5.15 Å². The van der Waals surface area contributed by atoms with Crippen molar-refractivity contribution in [3.63, 3.8) is 0 Å². The normalized spacial score (nSPS) is 11.6. The van der Waals surface area contributed by atoms with Crippen molar-refractivity contribution in [2.75, 3.05) is 0 Å².